The van der Waals surface area contributed by atoms with E-state index in [9.17, 15) is 0 Å². The lowest BCUT2D eigenvalue weighted by Gasteiger charge is -2.19. The molecule has 0 N–H and O–H groups in total. The zero-order valence-corrected chi connectivity index (χ0v) is 16.0. The highest BCUT2D eigenvalue weighted by Crippen LogP contribution is 2.32. The fraction of sp³-hybridized carbons (Fsp3) is 0.500. The molecule has 0 aliphatic heterocycles. The van der Waals surface area contributed by atoms with Gasteiger partial charge in [0, 0.05) is 18.9 Å². The van der Waals surface area contributed by atoms with Crippen LogP contribution in [0.25, 0.3) is 11.5 Å². The van der Waals surface area contributed by atoms with Crippen LogP contribution in [0.5, 0.6) is 0 Å². The van der Waals surface area contributed by atoms with E-state index in [0.29, 0.717) is 17.6 Å². The quantitative estimate of drug-likeness (QED) is 0.637. The number of nitrogens with zero attached hydrogens (tertiary/aromatic N) is 6. The summed E-state index contributed by atoms with van der Waals surface area (Å²) in [5.74, 6) is 1.97. The highest BCUT2D eigenvalue weighted by molar-refractivity contribution is 7.98. The Kier molecular flexibility index (Phi) is 4.76. The molecule has 3 aromatic heterocycles. The molecule has 1 aliphatic rings. The number of hydrogen-bond acceptors (Lipinski definition) is 7. The van der Waals surface area contributed by atoms with Crippen LogP contribution in [0.3, 0.4) is 0 Å². The van der Waals surface area contributed by atoms with E-state index in [2.05, 4.69) is 39.3 Å². The molecule has 0 fully saturated rings. The molecule has 3 aromatic rings. The Hall–Kier alpha value is -2.22. The van der Waals surface area contributed by atoms with Crippen LogP contribution in [0.1, 0.15) is 43.5 Å². The van der Waals surface area contributed by atoms with Crippen LogP contribution >= 0.6 is 11.8 Å². The van der Waals surface area contributed by atoms with Crippen molar-refractivity contribution in [3.05, 3.63) is 35.5 Å². The molecule has 0 saturated heterocycles. The van der Waals surface area contributed by atoms with Crippen molar-refractivity contribution in [1.29, 1.82) is 0 Å². The zero-order valence-electron chi connectivity index (χ0n) is 15.2. The number of fused-ring (bicyclic) bond motifs is 1. The maximum Gasteiger partial charge on any atom is 0.230 e. The van der Waals surface area contributed by atoms with E-state index in [4.69, 9.17) is 4.52 Å². The number of thioether (sulfide) groups is 1. The monoisotopic (exact) mass is 370 g/mol. The molecule has 4 rings (SSSR count). The SMILES string of the molecule is CSc1cccc(-c2noc(C3CCc4nnn(CC(C)C)c4C3)n2)n1. The van der Waals surface area contributed by atoms with Gasteiger partial charge in [0.15, 0.2) is 0 Å². The molecule has 1 aliphatic carbocycles. The first kappa shape index (κ1) is 17.2. The third kappa shape index (κ3) is 3.38. The molecule has 0 bridgehead atoms. The summed E-state index contributed by atoms with van der Waals surface area (Å²) in [6, 6.07) is 5.85. The van der Waals surface area contributed by atoms with Gasteiger partial charge in [-0.2, -0.15) is 4.98 Å². The molecule has 0 aromatic carbocycles. The summed E-state index contributed by atoms with van der Waals surface area (Å²) in [6.07, 6.45) is 4.69. The normalized spacial score (nSPS) is 16.8. The molecule has 1 unspecified atom stereocenters. The van der Waals surface area contributed by atoms with E-state index in [-0.39, 0.29) is 5.92 Å². The summed E-state index contributed by atoms with van der Waals surface area (Å²) in [4.78, 5) is 9.18. The fourth-order valence-electron chi connectivity index (χ4n) is 3.29. The largest absolute Gasteiger partial charge is 0.339 e. The number of aryl methyl sites for hydroxylation is 1. The maximum absolute atomic E-state index is 5.59. The number of aromatic nitrogens is 6. The van der Waals surface area contributed by atoms with E-state index in [0.717, 1.165) is 42.2 Å². The van der Waals surface area contributed by atoms with Crippen molar-refractivity contribution in [3.63, 3.8) is 0 Å². The van der Waals surface area contributed by atoms with Gasteiger partial charge in [-0.1, -0.05) is 30.3 Å². The van der Waals surface area contributed by atoms with Crippen molar-refractivity contribution in [1.82, 2.24) is 30.1 Å². The molecule has 1 atom stereocenters. The molecular weight excluding hydrogens is 348 g/mol. The number of hydrogen-bond donors (Lipinski definition) is 0. The van der Waals surface area contributed by atoms with Gasteiger partial charge in [0.25, 0.3) is 0 Å². The van der Waals surface area contributed by atoms with Gasteiger partial charge in [-0.25, -0.2) is 9.67 Å². The average molecular weight is 370 g/mol. The number of rotatable bonds is 5. The van der Waals surface area contributed by atoms with Crippen LogP contribution in [0.2, 0.25) is 0 Å². The Balaban J connectivity index is 1.56. The third-order valence-corrected chi connectivity index (χ3v) is 5.22. The van der Waals surface area contributed by atoms with Gasteiger partial charge in [0.1, 0.15) is 5.69 Å². The highest BCUT2D eigenvalue weighted by atomic mass is 32.2. The lowest BCUT2D eigenvalue weighted by Crippen LogP contribution is -2.18. The lowest BCUT2D eigenvalue weighted by molar-refractivity contribution is 0.335. The van der Waals surface area contributed by atoms with Gasteiger partial charge >= 0.3 is 0 Å². The maximum atomic E-state index is 5.59. The average Bonchev–Trinajstić information content (AvgIpc) is 3.29. The van der Waals surface area contributed by atoms with E-state index < -0.39 is 0 Å². The predicted molar refractivity (Wildman–Crippen MR) is 98.9 cm³/mol. The summed E-state index contributed by atoms with van der Waals surface area (Å²) in [5, 5.41) is 13.8. The van der Waals surface area contributed by atoms with Crippen LogP contribution in [0.15, 0.2) is 27.7 Å². The Morgan fingerprint density at radius 3 is 3.00 bits per heavy atom. The van der Waals surface area contributed by atoms with Crippen molar-refractivity contribution in [2.24, 2.45) is 5.92 Å². The standard InChI is InChI=1S/C18H22N6OS/c1-11(2)10-24-15-9-12(7-8-13(15)21-23-24)18-20-17(22-25-18)14-5-4-6-16(19-14)26-3/h4-6,11-12H,7-10H2,1-3H3. The summed E-state index contributed by atoms with van der Waals surface area (Å²) < 4.78 is 7.62. The first-order chi connectivity index (χ1) is 12.6. The van der Waals surface area contributed by atoms with Crippen molar-refractivity contribution in [2.75, 3.05) is 6.26 Å². The first-order valence-corrected chi connectivity index (χ1v) is 10.1. The van der Waals surface area contributed by atoms with Gasteiger partial charge < -0.3 is 4.52 Å². The fourth-order valence-corrected chi connectivity index (χ4v) is 3.70. The highest BCUT2D eigenvalue weighted by Gasteiger charge is 2.29. The molecule has 0 spiro atoms. The molecule has 0 amide bonds. The first-order valence-electron chi connectivity index (χ1n) is 8.90. The minimum atomic E-state index is 0.205. The minimum absolute atomic E-state index is 0.205. The second-order valence-electron chi connectivity index (χ2n) is 7.02. The van der Waals surface area contributed by atoms with E-state index in [1.165, 1.54) is 5.69 Å². The Labute approximate surface area is 156 Å². The summed E-state index contributed by atoms with van der Waals surface area (Å²) in [6.45, 7) is 5.26. The summed E-state index contributed by atoms with van der Waals surface area (Å²) in [7, 11) is 0. The summed E-state index contributed by atoms with van der Waals surface area (Å²) >= 11 is 1.60. The Morgan fingerprint density at radius 2 is 2.19 bits per heavy atom. The summed E-state index contributed by atoms with van der Waals surface area (Å²) in [5.41, 5.74) is 3.06. The Morgan fingerprint density at radius 1 is 1.31 bits per heavy atom. The van der Waals surface area contributed by atoms with Crippen LogP contribution in [-0.2, 0) is 19.4 Å². The van der Waals surface area contributed by atoms with Gasteiger partial charge in [-0.15, -0.1) is 16.9 Å². The smallest absolute Gasteiger partial charge is 0.230 e. The van der Waals surface area contributed by atoms with Gasteiger partial charge in [-0.3, -0.25) is 0 Å². The van der Waals surface area contributed by atoms with Crippen LogP contribution in [0, 0.1) is 5.92 Å². The number of pyridine rings is 1. The molecule has 8 heteroatoms. The van der Waals surface area contributed by atoms with Crippen LogP contribution in [-0.4, -0.2) is 36.4 Å². The van der Waals surface area contributed by atoms with Crippen LogP contribution < -0.4 is 0 Å². The van der Waals surface area contributed by atoms with Gasteiger partial charge in [0.2, 0.25) is 11.7 Å². The predicted octanol–water partition coefficient (Wildman–Crippen LogP) is 3.37. The topological polar surface area (TPSA) is 82.5 Å². The van der Waals surface area contributed by atoms with E-state index >= 15 is 0 Å². The van der Waals surface area contributed by atoms with Gasteiger partial charge in [-0.05, 0) is 37.1 Å². The van der Waals surface area contributed by atoms with E-state index in [1.807, 2.05) is 29.1 Å². The van der Waals surface area contributed by atoms with Gasteiger partial charge in [0.05, 0.1) is 16.4 Å². The molecule has 3 heterocycles. The molecule has 7 nitrogen and oxygen atoms in total. The van der Waals surface area contributed by atoms with Crippen molar-refractivity contribution in [3.8, 4) is 11.5 Å². The molecule has 0 radical (unpaired) electrons. The second-order valence-corrected chi connectivity index (χ2v) is 7.85. The molecule has 136 valence electrons. The Bertz CT molecular complexity index is 903. The molecule has 0 saturated carbocycles. The van der Waals surface area contributed by atoms with Crippen molar-refractivity contribution < 1.29 is 4.52 Å². The third-order valence-electron chi connectivity index (χ3n) is 4.58. The molecular formula is C18H22N6OS. The van der Waals surface area contributed by atoms with Crippen LogP contribution in [0.4, 0.5) is 0 Å². The lowest BCUT2D eigenvalue weighted by atomic mass is 9.89. The molecule has 26 heavy (non-hydrogen) atoms. The van der Waals surface area contributed by atoms with E-state index in [1.54, 1.807) is 11.8 Å². The zero-order chi connectivity index (χ0) is 18.1. The van der Waals surface area contributed by atoms with Crippen molar-refractivity contribution >= 4 is 11.8 Å². The second kappa shape index (κ2) is 7.19. The van der Waals surface area contributed by atoms with Crippen molar-refractivity contribution in [2.45, 2.75) is 50.6 Å². The minimum Gasteiger partial charge on any atom is -0.339 e.